The van der Waals surface area contributed by atoms with Crippen LogP contribution >= 0.6 is 34.8 Å². The van der Waals surface area contributed by atoms with E-state index in [4.69, 9.17) is 39.2 Å². The zero-order valence-electron chi connectivity index (χ0n) is 14.4. The van der Waals surface area contributed by atoms with Crippen LogP contribution < -0.4 is 0 Å². The Morgan fingerprint density at radius 2 is 1.75 bits per heavy atom. The third-order valence-corrected chi connectivity index (χ3v) is 4.92. The maximum atomic E-state index is 6.22. The van der Waals surface area contributed by atoms with Gasteiger partial charge in [0.05, 0.1) is 16.3 Å². The molecule has 0 aliphatic carbocycles. The van der Waals surface area contributed by atoms with E-state index in [0.29, 0.717) is 32.1 Å². The zero-order valence-corrected chi connectivity index (χ0v) is 16.7. The highest BCUT2D eigenvalue weighted by molar-refractivity contribution is 6.35. The Morgan fingerprint density at radius 3 is 2.57 bits per heavy atom. The molecule has 0 fully saturated rings. The summed E-state index contributed by atoms with van der Waals surface area (Å²) in [5, 5.41) is 1.79. The lowest BCUT2D eigenvalue weighted by Gasteiger charge is -1.97. The average Bonchev–Trinajstić information content (AvgIpc) is 3.10. The Balaban J connectivity index is 1.55. The molecule has 0 aliphatic rings. The van der Waals surface area contributed by atoms with Crippen molar-refractivity contribution >= 4 is 63.9 Å². The van der Waals surface area contributed by atoms with Crippen molar-refractivity contribution < 1.29 is 4.42 Å². The SMILES string of the molecule is Clc1ccc(/C=C/C=Nc2ccc3oc(-c4ccccc4Cl)nc3c2)c(Cl)c1. The number of hydrogen-bond acceptors (Lipinski definition) is 3. The lowest BCUT2D eigenvalue weighted by Crippen LogP contribution is -1.77. The molecule has 1 heterocycles. The van der Waals surface area contributed by atoms with E-state index >= 15 is 0 Å². The molecule has 3 nitrogen and oxygen atoms in total. The maximum absolute atomic E-state index is 6.22. The molecule has 0 N–H and O–H groups in total. The summed E-state index contributed by atoms with van der Waals surface area (Å²) < 4.78 is 5.81. The van der Waals surface area contributed by atoms with Gasteiger partial charge in [0.2, 0.25) is 5.89 Å². The van der Waals surface area contributed by atoms with E-state index in [0.717, 1.165) is 16.8 Å². The standard InChI is InChI=1S/C22H13Cl3N2O/c23-15-8-7-14(19(25)12-15)4-3-11-26-16-9-10-21-20(13-16)27-22(28-21)17-5-1-2-6-18(17)24/h1-13H/b4-3+,26-11?. The van der Waals surface area contributed by atoms with Crippen molar-refractivity contribution in [2.45, 2.75) is 0 Å². The van der Waals surface area contributed by atoms with Crippen molar-refractivity contribution in [2.24, 2.45) is 4.99 Å². The van der Waals surface area contributed by atoms with Crippen LogP contribution in [0.1, 0.15) is 5.56 Å². The molecular formula is C22H13Cl3N2O. The first-order valence-electron chi connectivity index (χ1n) is 8.41. The van der Waals surface area contributed by atoms with Crippen molar-refractivity contribution in [1.82, 2.24) is 4.98 Å². The summed E-state index contributed by atoms with van der Waals surface area (Å²) >= 11 is 18.3. The minimum Gasteiger partial charge on any atom is -0.436 e. The van der Waals surface area contributed by atoms with Gasteiger partial charge in [0.15, 0.2) is 5.58 Å². The van der Waals surface area contributed by atoms with Crippen LogP contribution in [0.15, 0.2) is 76.1 Å². The maximum Gasteiger partial charge on any atom is 0.228 e. The highest BCUT2D eigenvalue weighted by Crippen LogP contribution is 2.31. The van der Waals surface area contributed by atoms with E-state index in [1.54, 1.807) is 24.4 Å². The van der Waals surface area contributed by atoms with Crippen LogP contribution in [0.5, 0.6) is 0 Å². The van der Waals surface area contributed by atoms with E-state index in [1.165, 1.54) is 0 Å². The second-order valence-electron chi connectivity index (χ2n) is 5.95. The number of fused-ring (bicyclic) bond motifs is 1. The van der Waals surface area contributed by atoms with Crippen molar-refractivity contribution in [3.8, 4) is 11.5 Å². The van der Waals surface area contributed by atoms with Gasteiger partial charge in [-0.15, -0.1) is 0 Å². The summed E-state index contributed by atoms with van der Waals surface area (Å²) in [7, 11) is 0. The summed E-state index contributed by atoms with van der Waals surface area (Å²) in [5.74, 6) is 0.485. The Labute approximate surface area is 176 Å². The van der Waals surface area contributed by atoms with Crippen molar-refractivity contribution in [3.63, 3.8) is 0 Å². The number of hydrogen-bond donors (Lipinski definition) is 0. The molecule has 0 spiro atoms. The molecule has 0 bridgehead atoms. The minimum atomic E-state index is 0.485. The number of oxazole rings is 1. The van der Waals surface area contributed by atoms with E-state index in [-0.39, 0.29) is 0 Å². The molecule has 3 aromatic carbocycles. The Morgan fingerprint density at radius 1 is 0.893 bits per heavy atom. The van der Waals surface area contributed by atoms with Gasteiger partial charge in [-0.3, -0.25) is 4.99 Å². The Hall–Kier alpha value is -2.59. The second-order valence-corrected chi connectivity index (χ2v) is 7.20. The molecule has 4 rings (SSSR count). The van der Waals surface area contributed by atoms with E-state index in [1.807, 2.05) is 54.6 Å². The zero-order chi connectivity index (χ0) is 19.5. The molecule has 4 aromatic rings. The molecule has 0 saturated heterocycles. The molecule has 138 valence electrons. The van der Waals surface area contributed by atoms with Gasteiger partial charge in [-0.25, -0.2) is 4.98 Å². The van der Waals surface area contributed by atoms with Crippen LogP contribution in [0.2, 0.25) is 15.1 Å². The lowest BCUT2D eigenvalue weighted by atomic mass is 10.2. The predicted octanol–water partition coefficient (Wildman–Crippen LogP) is 7.87. The van der Waals surface area contributed by atoms with Crippen LogP contribution in [0, 0.1) is 0 Å². The first-order chi connectivity index (χ1) is 13.6. The molecule has 28 heavy (non-hydrogen) atoms. The van der Waals surface area contributed by atoms with Crippen LogP contribution in [0.3, 0.4) is 0 Å². The molecule has 1 aromatic heterocycles. The van der Waals surface area contributed by atoms with Gasteiger partial charge in [-0.05, 0) is 54.1 Å². The Bertz CT molecular complexity index is 1210. The summed E-state index contributed by atoms with van der Waals surface area (Å²) in [4.78, 5) is 8.96. The fraction of sp³-hybridized carbons (Fsp3) is 0. The molecular weight excluding hydrogens is 415 g/mol. The number of nitrogens with zero attached hydrogens (tertiary/aromatic N) is 2. The number of halogens is 3. The molecule has 6 heteroatoms. The average molecular weight is 428 g/mol. The van der Waals surface area contributed by atoms with Gasteiger partial charge in [0.25, 0.3) is 0 Å². The predicted molar refractivity (Wildman–Crippen MR) is 118 cm³/mol. The normalized spacial score (nSPS) is 11.8. The largest absolute Gasteiger partial charge is 0.436 e. The fourth-order valence-electron chi connectivity index (χ4n) is 2.66. The smallest absolute Gasteiger partial charge is 0.228 e. The van der Waals surface area contributed by atoms with E-state index in [9.17, 15) is 0 Å². The molecule has 0 radical (unpaired) electrons. The van der Waals surface area contributed by atoms with Crippen LogP contribution in [0.4, 0.5) is 5.69 Å². The molecule has 0 aliphatic heterocycles. The lowest BCUT2D eigenvalue weighted by molar-refractivity contribution is 0.620. The number of benzene rings is 3. The number of aliphatic imine (C=N–C) groups is 1. The number of aromatic nitrogens is 1. The van der Waals surface area contributed by atoms with Crippen molar-refractivity contribution in [2.75, 3.05) is 0 Å². The monoisotopic (exact) mass is 426 g/mol. The van der Waals surface area contributed by atoms with E-state index < -0.39 is 0 Å². The highest BCUT2D eigenvalue weighted by Gasteiger charge is 2.11. The summed E-state index contributed by atoms with van der Waals surface area (Å²) in [6.07, 6.45) is 5.38. The third kappa shape index (κ3) is 4.12. The number of allylic oxidation sites excluding steroid dienone is 1. The van der Waals surface area contributed by atoms with Gasteiger partial charge in [0.1, 0.15) is 5.52 Å². The first-order valence-corrected chi connectivity index (χ1v) is 9.55. The summed E-state index contributed by atoms with van der Waals surface area (Å²) in [6, 6.07) is 18.4. The van der Waals surface area contributed by atoms with Crippen molar-refractivity contribution in [3.05, 3.63) is 87.4 Å². The van der Waals surface area contributed by atoms with Crippen molar-refractivity contribution in [1.29, 1.82) is 0 Å². The summed E-state index contributed by atoms with van der Waals surface area (Å²) in [6.45, 7) is 0. The highest BCUT2D eigenvalue weighted by atomic mass is 35.5. The van der Waals surface area contributed by atoms with Gasteiger partial charge in [-0.2, -0.15) is 0 Å². The van der Waals surface area contributed by atoms with Gasteiger partial charge >= 0.3 is 0 Å². The summed E-state index contributed by atoms with van der Waals surface area (Å²) in [5.41, 5.74) is 3.78. The molecule has 0 atom stereocenters. The van der Waals surface area contributed by atoms with E-state index in [2.05, 4.69) is 9.98 Å². The van der Waals surface area contributed by atoms with Gasteiger partial charge < -0.3 is 4.42 Å². The molecule has 0 saturated carbocycles. The molecule has 0 amide bonds. The van der Waals surface area contributed by atoms with Crippen LogP contribution in [-0.4, -0.2) is 11.2 Å². The minimum absolute atomic E-state index is 0.485. The topological polar surface area (TPSA) is 38.4 Å². The number of rotatable bonds is 4. The first kappa shape index (κ1) is 18.8. The van der Waals surface area contributed by atoms with Crippen LogP contribution in [-0.2, 0) is 0 Å². The molecule has 0 unspecified atom stereocenters. The van der Waals surface area contributed by atoms with Gasteiger partial charge in [-0.1, -0.05) is 59.1 Å². The third-order valence-electron chi connectivity index (χ3n) is 4.02. The quantitative estimate of drug-likeness (QED) is 0.311. The van der Waals surface area contributed by atoms with Gasteiger partial charge in [0, 0.05) is 16.3 Å². The Kier molecular flexibility index (Phi) is 5.49. The van der Waals surface area contributed by atoms with Crippen LogP contribution in [0.25, 0.3) is 28.6 Å². The fourth-order valence-corrected chi connectivity index (χ4v) is 3.35. The second kappa shape index (κ2) is 8.19.